The molecule has 1 N–H and O–H groups in total. The standard InChI is InChI=1S/C22H28N4O3/c1-28-19-6-5-15(10-20(19)29-2)11-21(27)26-9-3-4-16(14-26)22-24-13-17-12-23-8-7-18(17)25-22/h5-6,10,13,16,23H,3-4,7-9,11-12,14H2,1-2H3. The monoisotopic (exact) mass is 396 g/mol. The number of fused-ring (bicyclic) bond motifs is 1. The highest BCUT2D eigenvalue weighted by Gasteiger charge is 2.27. The molecule has 1 saturated heterocycles. The van der Waals surface area contributed by atoms with E-state index < -0.39 is 0 Å². The van der Waals surface area contributed by atoms with Gasteiger partial charge in [-0.2, -0.15) is 0 Å². The van der Waals surface area contributed by atoms with E-state index in [0.29, 0.717) is 24.5 Å². The van der Waals surface area contributed by atoms with E-state index in [0.717, 1.165) is 56.0 Å². The van der Waals surface area contributed by atoms with Crippen molar-refractivity contribution in [3.63, 3.8) is 0 Å². The van der Waals surface area contributed by atoms with Crippen molar-refractivity contribution in [3.8, 4) is 11.5 Å². The van der Waals surface area contributed by atoms with Gasteiger partial charge in [0.25, 0.3) is 0 Å². The molecule has 29 heavy (non-hydrogen) atoms. The zero-order valence-corrected chi connectivity index (χ0v) is 17.1. The minimum Gasteiger partial charge on any atom is -0.493 e. The molecule has 0 spiro atoms. The first kappa shape index (κ1) is 19.6. The Hall–Kier alpha value is -2.67. The van der Waals surface area contributed by atoms with E-state index in [1.54, 1.807) is 14.2 Å². The van der Waals surface area contributed by atoms with Crippen LogP contribution in [0, 0.1) is 0 Å². The molecule has 0 bridgehead atoms. The number of methoxy groups -OCH3 is 2. The van der Waals surface area contributed by atoms with E-state index >= 15 is 0 Å². The van der Waals surface area contributed by atoms with Crippen molar-refractivity contribution < 1.29 is 14.3 Å². The Kier molecular flexibility index (Phi) is 5.94. The number of hydrogen-bond acceptors (Lipinski definition) is 6. The van der Waals surface area contributed by atoms with Crippen molar-refractivity contribution in [2.24, 2.45) is 0 Å². The van der Waals surface area contributed by atoms with Gasteiger partial charge in [0.05, 0.1) is 20.6 Å². The van der Waals surface area contributed by atoms with E-state index in [1.807, 2.05) is 29.3 Å². The Morgan fingerprint density at radius 1 is 1.28 bits per heavy atom. The predicted molar refractivity (Wildman–Crippen MR) is 109 cm³/mol. The fraction of sp³-hybridized carbons (Fsp3) is 0.500. The average Bonchev–Trinajstić information content (AvgIpc) is 2.78. The van der Waals surface area contributed by atoms with E-state index in [9.17, 15) is 4.79 Å². The molecule has 7 heteroatoms. The van der Waals surface area contributed by atoms with Crippen LogP contribution in [0.1, 0.15) is 41.4 Å². The van der Waals surface area contributed by atoms with Gasteiger partial charge < -0.3 is 19.7 Å². The van der Waals surface area contributed by atoms with Crippen LogP contribution in [0.15, 0.2) is 24.4 Å². The number of ether oxygens (including phenoxy) is 2. The maximum Gasteiger partial charge on any atom is 0.227 e. The lowest BCUT2D eigenvalue weighted by molar-refractivity contribution is -0.131. The summed E-state index contributed by atoms with van der Waals surface area (Å²) in [6.07, 6.45) is 5.25. The van der Waals surface area contributed by atoms with Gasteiger partial charge in [-0.05, 0) is 30.5 Å². The number of hydrogen-bond donors (Lipinski definition) is 1. The second-order valence-corrected chi connectivity index (χ2v) is 7.67. The summed E-state index contributed by atoms with van der Waals surface area (Å²) in [6, 6.07) is 5.64. The van der Waals surface area contributed by atoms with Crippen LogP contribution in [0.2, 0.25) is 0 Å². The molecule has 3 heterocycles. The van der Waals surface area contributed by atoms with Crippen LogP contribution in [0.5, 0.6) is 11.5 Å². The lowest BCUT2D eigenvalue weighted by atomic mass is 9.96. The number of carbonyl (C=O) groups is 1. The SMILES string of the molecule is COc1ccc(CC(=O)N2CCCC(c3ncc4c(n3)CCNC4)C2)cc1OC. The van der Waals surface area contributed by atoms with Gasteiger partial charge in [-0.1, -0.05) is 6.07 Å². The normalized spacial score (nSPS) is 18.8. The van der Waals surface area contributed by atoms with Gasteiger partial charge in [-0.25, -0.2) is 9.97 Å². The molecule has 2 aromatic rings. The van der Waals surface area contributed by atoms with Gasteiger partial charge in [-0.15, -0.1) is 0 Å². The van der Waals surface area contributed by atoms with Gasteiger partial charge in [0.15, 0.2) is 11.5 Å². The van der Waals surface area contributed by atoms with E-state index in [1.165, 1.54) is 5.56 Å². The van der Waals surface area contributed by atoms with Crippen molar-refractivity contribution in [1.29, 1.82) is 0 Å². The van der Waals surface area contributed by atoms with Gasteiger partial charge in [0.1, 0.15) is 5.82 Å². The predicted octanol–water partition coefficient (Wildman–Crippen LogP) is 2.09. The van der Waals surface area contributed by atoms with Crippen LogP contribution in [-0.2, 0) is 24.2 Å². The van der Waals surface area contributed by atoms with Gasteiger partial charge in [0.2, 0.25) is 5.91 Å². The van der Waals surface area contributed by atoms with Crippen molar-refractivity contribution in [2.45, 2.75) is 38.1 Å². The summed E-state index contributed by atoms with van der Waals surface area (Å²) >= 11 is 0. The fourth-order valence-corrected chi connectivity index (χ4v) is 4.14. The van der Waals surface area contributed by atoms with Crippen LogP contribution in [0.3, 0.4) is 0 Å². The zero-order chi connectivity index (χ0) is 20.2. The second kappa shape index (κ2) is 8.78. The molecule has 1 fully saturated rings. The van der Waals surface area contributed by atoms with Crippen molar-refractivity contribution in [1.82, 2.24) is 20.2 Å². The molecule has 1 atom stereocenters. The molecule has 1 unspecified atom stereocenters. The maximum atomic E-state index is 12.9. The first-order valence-corrected chi connectivity index (χ1v) is 10.2. The molecule has 2 aliphatic rings. The molecule has 1 aromatic heterocycles. The quantitative estimate of drug-likeness (QED) is 0.834. The molecule has 1 aromatic carbocycles. The number of carbonyl (C=O) groups excluding carboxylic acids is 1. The summed E-state index contributed by atoms with van der Waals surface area (Å²) in [5, 5.41) is 3.35. The third-order valence-electron chi connectivity index (χ3n) is 5.77. The van der Waals surface area contributed by atoms with Gasteiger partial charge >= 0.3 is 0 Å². The lowest BCUT2D eigenvalue weighted by Gasteiger charge is -2.32. The van der Waals surface area contributed by atoms with E-state index in [2.05, 4.69) is 10.3 Å². The van der Waals surface area contributed by atoms with Crippen LogP contribution in [0.4, 0.5) is 0 Å². The zero-order valence-electron chi connectivity index (χ0n) is 17.1. The number of amides is 1. The fourth-order valence-electron chi connectivity index (χ4n) is 4.14. The van der Waals surface area contributed by atoms with E-state index in [4.69, 9.17) is 14.5 Å². The Labute approximate surface area is 171 Å². The highest BCUT2D eigenvalue weighted by atomic mass is 16.5. The van der Waals surface area contributed by atoms with Crippen LogP contribution in [0.25, 0.3) is 0 Å². The Morgan fingerprint density at radius 3 is 2.97 bits per heavy atom. The first-order valence-electron chi connectivity index (χ1n) is 10.2. The van der Waals surface area contributed by atoms with Crippen molar-refractivity contribution in [2.75, 3.05) is 33.9 Å². The van der Waals surface area contributed by atoms with Crippen molar-refractivity contribution in [3.05, 3.63) is 47.0 Å². The number of aromatic nitrogens is 2. The van der Waals surface area contributed by atoms with Crippen LogP contribution < -0.4 is 14.8 Å². The molecule has 0 aliphatic carbocycles. The molecule has 4 rings (SSSR count). The number of piperidine rings is 1. The number of nitrogens with zero attached hydrogens (tertiary/aromatic N) is 3. The summed E-state index contributed by atoms with van der Waals surface area (Å²) in [5.74, 6) is 2.53. The Morgan fingerprint density at radius 2 is 2.14 bits per heavy atom. The number of nitrogens with one attached hydrogen (secondary N) is 1. The highest BCUT2D eigenvalue weighted by Crippen LogP contribution is 2.29. The van der Waals surface area contributed by atoms with Crippen molar-refractivity contribution >= 4 is 5.91 Å². The topological polar surface area (TPSA) is 76.6 Å². The maximum absolute atomic E-state index is 12.9. The lowest BCUT2D eigenvalue weighted by Crippen LogP contribution is -2.40. The van der Waals surface area contributed by atoms with E-state index in [-0.39, 0.29) is 11.8 Å². The largest absolute Gasteiger partial charge is 0.493 e. The Balaban J connectivity index is 1.43. The minimum atomic E-state index is 0.129. The van der Waals surface area contributed by atoms with Crippen LogP contribution >= 0.6 is 0 Å². The molecular weight excluding hydrogens is 368 g/mol. The smallest absolute Gasteiger partial charge is 0.227 e. The highest BCUT2D eigenvalue weighted by molar-refractivity contribution is 5.79. The average molecular weight is 396 g/mol. The van der Waals surface area contributed by atoms with Crippen LogP contribution in [-0.4, -0.2) is 54.6 Å². The minimum absolute atomic E-state index is 0.129. The van der Waals surface area contributed by atoms with Gasteiger partial charge in [-0.3, -0.25) is 4.79 Å². The molecule has 0 saturated carbocycles. The third-order valence-corrected chi connectivity index (χ3v) is 5.77. The molecule has 7 nitrogen and oxygen atoms in total. The second-order valence-electron chi connectivity index (χ2n) is 7.67. The summed E-state index contributed by atoms with van der Waals surface area (Å²) in [7, 11) is 3.21. The Bertz CT molecular complexity index is 886. The number of likely N-dealkylation sites (tertiary alicyclic amines) is 1. The molecule has 1 amide bonds. The molecule has 154 valence electrons. The third kappa shape index (κ3) is 4.34. The molecule has 0 radical (unpaired) electrons. The number of benzene rings is 1. The summed E-state index contributed by atoms with van der Waals surface area (Å²) in [6.45, 7) is 3.28. The summed E-state index contributed by atoms with van der Waals surface area (Å²) in [4.78, 5) is 24.3. The summed E-state index contributed by atoms with van der Waals surface area (Å²) in [5.41, 5.74) is 3.27. The molecular formula is C22H28N4O3. The summed E-state index contributed by atoms with van der Waals surface area (Å²) < 4.78 is 10.6. The van der Waals surface area contributed by atoms with Gasteiger partial charge in [0, 0.05) is 56.0 Å². The first-order chi connectivity index (χ1) is 14.2. The number of rotatable bonds is 5. The molecule has 2 aliphatic heterocycles.